The molecule has 1 aliphatic carbocycles. The number of benzene rings is 1. The van der Waals surface area contributed by atoms with Crippen LogP contribution in [0.2, 0.25) is 5.02 Å². The number of hydrogen-bond acceptors (Lipinski definition) is 5. The van der Waals surface area contributed by atoms with Crippen LogP contribution in [0.25, 0.3) is 11.3 Å². The van der Waals surface area contributed by atoms with Gasteiger partial charge in [-0.1, -0.05) is 37.6 Å². The van der Waals surface area contributed by atoms with Gasteiger partial charge < -0.3 is 9.73 Å². The fourth-order valence-corrected chi connectivity index (χ4v) is 4.73. The van der Waals surface area contributed by atoms with E-state index in [4.69, 9.17) is 16.0 Å². The molecule has 0 fully saturated rings. The van der Waals surface area contributed by atoms with Gasteiger partial charge in [0.1, 0.15) is 17.3 Å². The molecule has 1 aliphatic heterocycles. The molecule has 1 aromatic carbocycles. The van der Waals surface area contributed by atoms with Crippen LogP contribution in [0.3, 0.4) is 0 Å². The second-order valence-corrected chi connectivity index (χ2v) is 9.24. The molecule has 0 bridgehead atoms. The molecule has 31 heavy (non-hydrogen) atoms. The molecule has 7 nitrogen and oxygen atoms in total. The quantitative estimate of drug-likeness (QED) is 0.557. The summed E-state index contributed by atoms with van der Waals surface area (Å²) in [7, 11) is 0. The van der Waals surface area contributed by atoms with E-state index in [-0.39, 0.29) is 16.8 Å². The average molecular weight is 438 g/mol. The summed E-state index contributed by atoms with van der Waals surface area (Å²) in [5.41, 5.74) is 0.867. The van der Waals surface area contributed by atoms with Crippen molar-refractivity contribution in [3.8, 4) is 11.3 Å². The number of carbonyl (C=O) groups excluding carboxylic acids is 1. The predicted molar refractivity (Wildman–Crippen MR) is 117 cm³/mol. The Morgan fingerprint density at radius 3 is 2.65 bits per heavy atom. The highest BCUT2D eigenvalue weighted by atomic mass is 35.5. The summed E-state index contributed by atoms with van der Waals surface area (Å²) < 4.78 is 6.14. The van der Waals surface area contributed by atoms with E-state index in [0.29, 0.717) is 46.5 Å². The van der Waals surface area contributed by atoms with Crippen LogP contribution in [-0.2, 0) is 4.79 Å². The molecule has 0 radical (unpaired) electrons. The van der Waals surface area contributed by atoms with Crippen molar-refractivity contribution in [2.45, 2.75) is 32.6 Å². The van der Waals surface area contributed by atoms with E-state index in [1.54, 1.807) is 24.3 Å². The van der Waals surface area contributed by atoms with Crippen LogP contribution in [0.4, 0.5) is 5.82 Å². The number of hydrogen-bond donors (Lipinski definition) is 3. The Kier molecular flexibility index (Phi) is 4.34. The van der Waals surface area contributed by atoms with Gasteiger partial charge in [0.25, 0.3) is 5.56 Å². The summed E-state index contributed by atoms with van der Waals surface area (Å²) in [4.78, 5) is 42.8. The van der Waals surface area contributed by atoms with Crippen LogP contribution < -0.4 is 16.6 Å². The molecule has 3 heterocycles. The minimum absolute atomic E-state index is 0.0410. The highest BCUT2D eigenvalue weighted by Gasteiger charge is 2.43. The Morgan fingerprint density at radius 1 is 1.06 bits per heavy atom. The second kappa shape index (κ2) is 6.85. The normalized spacial score (nSPS) is 19.6. The Morgan fingerprint density at radius 2 is 1.87 bits per heavy atom. The summed E-state index contributed by atoms with van der Waals surface area (Å²) in [6.45, 7) is 4.04. The standard InChI is InChI=1S/C23H20ClN3O4/c1-23(2)9-13-17(14(28)10-23)18(19-20(25-13)26-22(30)27-21(19)29)16-7-6-15(31-16)11-4-3-5-12(24)8-11/h3-8,18H,9-10H2,1-2H3,(H3,25,26,27,29,30). The average Bonchev–Trinajstić information content (AvgIpc) is 3.15. The molecular formula is C23H20ClN3O4. The van der Waals surface area contributed by atoms with Gasteiger partial charge in [0, 0.05) is 28.3 Å². The first-order valence-corrected chi connectivity index (χ1v) is 10.3. The summed E-state index contributed by atoms with van der Waals surface area (Å²) in [5, 5.41) is 3.71. The number of fused-ring (bicyclic) bond motifs is 1. The molecule has 3 aromatic rings. The van der Waals surface area contributed by atoms with Gasteiger partial charge >= 0.3 is 5.69 Å². The Balaban J connectivity index is 1.71. The first-order chi connectivity index (χ1) is 14.7. The number of aromatic nitrogens is 2. The fourth-order valence-electron chi connectivity index (χ4n) is 4.54. The van der Waals surface area contributed by atoms with Gasteiger partial charge in [-0.15, -0.1) is 0 Å². The molecule has 0 saturated heterocycles. The van der Waals surface area contributed by atoms with E-state index >= 15 is 0 Å². The maximum absolute atomic E-state index is 13.2. The Bertz CT molecular complexity index is 1380. The number of carbonyl (C=O) groups is 1. The third-order valence-corrected chi connectivity index (χ3v) is 6.01. The molecule has 1 unspecified atom stereocenters. The van der Waals surface area contributed by atoms with Gasteiger partial charge in [0.15, 0.2) is 5.78 Å². The van der Waals surface area contributed by atoms with Crippen LogP contribution in [0, 0.1) is 5.41 Å². The van der Waals surface area contributed by atoms with Crippen molar-refractivity contribution >= 4 is 23.2 Å². The second-order valence-electron chi connectivity index (χ2n) is 8.80. The van der Waals surface area contributed by atoms with Crippen LogP contribution in [-0.4, -0.2) is 15.8 Å². The smallest absolute Gasteiger partial charge is 0.327 e. The molecule has 2 aliphatic rings. The van der Waals surface area contributed by atoms with Crippen molar-refractivity contribution in [1.82, 2.24) is 9.97 Å². The summed E-state index contributed by atoms with van der Waals surface area (Å²) in [6, 6.07) is 10.8. The first kappa shape index (κ1) is 19.6. The molecule has 8 heteroatoms. The van der Waals surface area contributed by atoms with Crippen LogP contribution in [0.15, 0.2) is 61.7 Å². The maximum atomic E-state index is 13.2. The third-order valence-electron chi connectivity index (χ3n) is 5.77. The Hall–Kier alpha value is -3.32. The lowest BCUT2D eigenvalue weighted by Gasteiger charge is -2.37. The van der Waals surface area contributed by atoms with E-state index in [2.05, 4.69) is 15.3 Å². The predicted octanol–water partition coefficient (Wildman–Crippen LogP) is 4.18. The first-order valence-electron chi connectivity index (χ1n) is 9.97. The molecule has 0 spiro atoms. The number of allylic oxidation sites excluding steroid dienone is 2. The number of anilines is 1. The lowest BCUT2D eigenvalue weighted by Crippen LogP contribution is -2.38. The molecule has 5 rings (SSSR count). The van der Waals surface area contributed by atoms with Crippen molar-refractivity contribution in [2.75, 3.05) is 5.32 Å². The molecule has 2 aromatic heterocycles. The van der Waals surface area contributed by atoms with Gasteiger partial charge in [0.05, 0.1) is 11.5 Å². The molecule has 3 N–H and O–H groups in total. The maximum Gasteiger partial charge on any atom is 0.327 e. The fraction of sp³-hybridized carbons (Fsp3) is 0.261. The minimum Gasteiger partial charge on any atom is -0.460 e. The molecule has 158 valence electrons. The van der Waals surface area contributed by atoms with Crippen molar-refractivity contribution in [3.05, 3.63) is 84.9 Å². The van der Waals surface area contributed by atoms with Crippen molar-refractivity contribution in [1.29, 1.82) is 0 Å². The summed E-state index contributed by atoms with van der Waals surface area (Å²) in [6.07, 6.45) is 0.975. The zero-order chi connectivity index (χ0) is 21.9. The number of furan rings is 1. The lowest BCUT2D eigenvalue weighted by atomic mass is 9.70. The number of nitrogens with one attached hydrogen (secondary N) is 3. The topological polar surface area (TPSA) is 108 Å². The van der Waals surface area contributed by atoms with Crippen LogP contribution >= 0.6 is 11.6 Å². The summed E-state index contributed by atoms with van der Waals surface area (Å²) in [5.74, 6) is 0.563. The highest BCUT2D eigenvalue weighted by molar-refractivity contribution is 6.30. The van der Waals surface area contributed by atoms with Crippen LogP contribution in [0.5, 0.6) is 0 Å². The number of ketones is 1. The number of Topliss-reactive ketones (excluding diaryl/α,β-unsaturated/α-hetero) is 1. The molecular weight excluding hydrogens is 418 g/mol. The zero-order valence-corrected chi connectivity index (χ0v) is 17.7. The number of H-pyrrole nitrogens is 2. The van der Waals surface area contributed by atoms with Crippen molar-refractivity contribution in [2.24, 2.45) is 5.41 Å². The summed E-state index contributed by atoms with van der Waals surface area (Å²) >= 11 is 6.11. The van der Waals surface area contributed by atoms with E-state index in [9.17, 15) is 14.4 Å². The van der Waals surface area contributed by atoms with Gasteiger partial charge in [-0.05, 0) is 36.1 Å². The largest absolute Gasteiger partial charge is 0.460 e. The molecule has 0 saturated carbocycles. The SMILES string of the molecule is CC1(C)CC(=O)C2=C(C1)Nc1[nH]c(=O)[nH]c(=O)c1C2c1ccc(-c2cccc(Cl)c2)o1. The van der Waals surface area contributed by atoms with E-state index in [1.807, 2.05) is 26.0 Å². The number of halogens is 1. The van der Waals surface area contributed by atoms with E-state index < -0.39 is 17.2 Å². The zero-order valence-electron chi connectivity index (χ0n) is 17.0. The van der Waals surface area contributed by atoms with Gasteiger partial charge in [-0.3, -0.25) is 19.6 Å². The lowest BCUT2D eigenvalue weighted by molar-refractivity contribution is -0.118. The monoisotopic (exact) mass is 437 g/mol. The molecule has 1 atom stereocenters. The van der Waals surface area contributed by atoms with E-state index in [1.165, 1.54) is 0 Å². The van der Waals surface area contributed by atoms with Gasteiger partial charge in [0.2, 0.25) is 0 Å². The number of aromatic amines is 2. The van der Waals surface area contributed by atoms with Crippen molar-refractivity contribution < 1.29 is 9.21 Å². The van der Waals surface area contributed by atoms with Crippen molar-refractivity contribution in [3.63, 3.8) is 0 Å². The Labute approximate surface area is 182 Å². The van der Waals surface area contributed by atoms with Gasteiger partial charge in [-0.25, -0.2) is 4.79 Å². The number of rotatable bonds is 2. The third kappa shape index (κ3) is 3.35. The van der Waals surface area contributed by atoms with Gasteiger partial charge in [-0.2, -0.15) is 0 Å². The molecule has 0 amide bonds. The highest BCUT2D eigenvalue weighted by Crippen LogP contribution is 2.48. The van der Waals surface area contributed by atoms with E-state index in [0.717, 1.165) is 5.56 Å². The van der Waals surface area contributed by atoms with Crippen LogP contribution in [0.1, 0.15) is 43.9 Å². The minimum atomic E-state index is -0.719.